The third kappa shape index (κ3) is 2.36. The van der Waals surface area contributed by atoms with Crippen molar-refractivity contribution < 1.29 is 4.74 Å². The maximum Gasteiger partial charge on any atom is 0.165 e. The molecule has 1 fully saturated rings. The Morgan fingerprint density at radius 1 is 1.18 bits per heavy atom. The van der Waals surface area contributed by atoms with Crippen LogP contribution in [0.3, 0.4) is 0 Å². The Kier molecular flexibility index (Phi) is 3.14. The summed E-state index contributed by atoms with van der Waals surface area (Å²) in [4.78, 5) is 13.2. The largest absolute Gasteiger partial charge is 0.497 e. The number of rotatable bonds is 5. The van der Waals surface area contributed by atoms with Crippen LogP contribution < -0.4 is 10.1 Å². The number of hydrogen-bond acceptors (Lipinski definition) is 5. The SMILES string of the molecule is COc1ccc(CNc2ncnc3c2ncn3C2CC2)cc1. The molecule has 0 spiro atoms. The summed E-state index contributed by atoms with van der Waals surface area (Å²) in [5.41, 5.74) is 2.91. The van der Waals surface area contributed by atoms with E-state index in [2.05, 4.69) is 24.8 Å². The summed E-state index contributed by atoms with van der Waals surface area (Å²) in [5.74, 6) is 1.64. The highest BCUT2D eigenvalue weighted by atomic mass is 16.5. The van der Waals surface area contributed by atoms with Gasteiger partial charge in [0.2, 0.25) is 0 Å². The summed E-state index contributed by atoms with van der Waals surface area (Å²) < 4.78 is 7.32. The molecule has 0 amide bonds. The average Bonchev–Trinajstić information content (AvgIpc) is 3.32. The molecule has 112 valence electrons. The van der Waals surface area contributed by atoms with Gasteiger partial charge in [-0.05, 0) is 30.5 Å². The predicted molar refractivity (Wildman–Crippen MR) is 83.9 cm³/mol. The third-order valence-electron chi connectivity index (χ3n) is 3.92. The number of anilines is 1. The van der Waals surface area contributed by atoms with Gasteiger partial charge in [0.15, 0.2) is 11.5 Å². The van der Waals surface area contributed by atoms with E-state index in [1.807, 2.05) is 30.6 Å². The molecule has 6 heteroatoms. The highest BCUT2D eigenvalue weighted by Gasteiger charge is 2.26. The molecule has 22 heavy (non-hydrogen) atoms. The fraction of sp³-hybridized carbons (Fsp3) is 0.312. The fourth-order valence-electron chi connectivity index (χ4n) is 2.53. The molecular formula is C16H17N5O. The second-order valence-corrected chi connectivity index (χ2v) is 5.48. The zero-order chi connectivity index (χ0) is 14.9. The van der Waals surface area contributed by atoms with E-state index >= 15 is 0 Å². The summed E-state index contributed by atoms with van der Waals surface area (Å²) in [7, 11) is 1.67. The van der Waals surface area contributed by atoms with Crippen LogP contribution in [0, 0.1) is 0 Å². The first-order valence-electron chi connectivity index (χ1n) is 7.39. The molecule has 0 atom stereocenters. The van der Waals surface area contributed by atoms with Crippen LogP contribution in [0.1, 0.15) is 24.4 Å². The monoisotopic (exact) mass is 295 g/mol. The Balaban J connectivity index is 1.55. The number of nitrogens with zero attached hydrogens (tertiary/aromatic N) is 4. The van der Waals surface area contributed by atoms with Crippen LogP contribution in [-0.2, 0) is 6.54 Å². The molecule has 1 aromatic carbocycles. The van der Waals surface area contributed by atoms with E-state index in [-0.39, 0.29) is 0 Å². The Hall–Kier alpha value is -2.63. The molecule has 3 aromatic rings. The van der Waals surface area contributed by atoms with Crippen molar-refractivity contribution in [3.05, 3.63) is 42.5 Å². The average molecular weight is 295 g/mol. The van der Waals surface area contributed by atoms with E-state index in [0.29, 0.717) is 12.6 Å². The summed E-state index contributed by atoms with van der Waals surface area (Å²) in [6.45, 7) is 0.687. The Morgan fingerprint density at radius 3 is 2.73 bits per heavy atom. The van der Waals surface area contributed by atoms with E-state index in [9.17, 15) is 0 Å². The first kappa shape index (κ1) is 13.1. The van der Waals surface area contributed by atoms with Gasteiger partial charge in [0, 0.05) is 12.6 Å². The number of methoxy groups -OCH3 is 1. The van der Waals surface area contributed by atoms with Crippen molar-refractivity contribution in [1.29, 1.82) is 0 Å². The quantitative estimate of drug-likeness (QED) is 0.784. The van der Waals surface area contributed by atoms with Crippen molar-refractivity contribution in [2.75, 3.05) is 12.4 Å². The van der Waals surface area contributed by atoms with Gasteiger partial charge in [0.05, 0.1) is 13.4 Å². The first-order chi connectivity index (χ1) is 10.8. The highest BCUT2D eigenvalue weighted by Crippen LogP contribution is 2.37. The molecule has 0 radical (unpaired) electrons. The normalized spacial score (nSPS) is 14.2. The van der Waals surface area contributed by atoms with E-state index in [1.54, 1.807) is 13.4 Å². The van der Waals surface area contributed by atoms with Crippen LogP contribution in [0.15, 0.2) is 36.9 Å². The molecule has 0 bridgehead atoms. The van der Waals surface area contributed by atoms with E-state index in [0.717, 1.165) is 28.3 Å². The molecule has 4 rings (SSSR count). The van der Waals surface area contributed by atoms with Crippen LogP contribution in [0.4, 0.5) is 5.82 Å². The van der Waals surface area contributed by atoms with E-state index in [1.165, 1.54) is 12.8 Å². The number of aromatic nitrogens is 4. The smallest absolute Gasteiger partial charge is 0.165 e. The number of benzene rings is 1. The van der Waals surface area contributed by atoms with E-state index in [4.69, 9.17) is 4.74 Å². The lowest BCUT2D eigenvalue weighted by Crippen LogP contribution is -2.03. The van der Waals surface area contributed by atoms with Gasteiger partial charge in [-0.15, -0.1) is 0 Å². The lowest BCUT2D eigenvalue weighted by Gasteiger charge is -2.07. The number of ether oxygens (including phenoxy) is 1. The minimum absolute atomic E-state index is 0.564. The molecule has 0 saturated heterocycles. The van der Waals surface area contributed by atoms with Gasteiger partial charge in [0.25, 0.3) is 0 Å². The van der Waals surface area contributed by atoms with Crippen LogP contribution in [0.25, 0.3) is 11.2 Å². The summed E-state index contributed by atoms with van der Waals surface area (Å²) in [6.07, 6.45) is 5.89. The standard InChI is InChI=1S/C16H17N5O/c1-22-13-6-2-11(3-7-13)8-17-15-14-16(19-9-18-15)21(10-20-14)12-4-5-12/h2-3,6-7,9-10,12H,4-5,8H2,1H3,(H,17,18,19). The highest BCUT2D eigenvalue weighted by molar-refractivity contribution is 5.82. The fourth-order valence-corrected chi connectivity index (χ4v) is 2.53. The van der Waals surface area contributed by atoms with Crippen molar-refractivity contribution in [1.82, 2.24) is 19.5 Å². The zero-order valence-electron chi connectivity index (χ0n) is 12.4. The molecule has 1 saturated carbocycles. The van der Waals surface area contributed by atoms with Gasteiger partial charge in [-0.1, -0.05) is 12.1 Å². The summed E-state index contributed by atoms with van der Waals surface area (Å²) in [6, 6.07) is 8.54. The van der Waals surface area contributed by atoms with Gasteiger partial charge in [-0.2, -0.15) is 0 Å². The van der Waals surface area contributed by atoms with Gasteiger partial charge >= 0.3 is 0 Å². The summed E-state index contributed by atoms with van der Waals surface area (Å²) >= 11 is 0. The second-order valence-electron chi connectivity index (χ2n) is 5.48. The Bertz CT molecular complexity index is 792. The number of hydrogen-bond donors (Lipinski definition) is 1. The molecule has 2 aromatic heterocycles. The summed E-state index contributed by atoms with van der Waals surface area (Å²) in [5, 5.41) is 3.35. The number of imidazole rings is 1. The molecule has 1 aliphatic rings. The van der Waals surface area contributed by atoms with Gasteiger partial charge in [-0.25, -0.2) is 15.0 Å². The van der Waals surface area contributed by atoms with Gasteiger partial charge in [-0.3, -0.25) is 0 Å². The molecule has 6 nitrogen and oxygen atoms in total. The minimum atomic E-state index is 0.564. The zero-order valence-corrected chi connectivity index (χ0v) is 12.4. The molecule has 1 aliphatic carbocycles. The lowest BCUT2D eigenvalue weighted by molar-refractivity contribution is 0.414. The van der Waals surface area contributed by atoms with Crippen LogP contribution in [0.2, 0.25) is 0 Å². The van der Waals surface area contributed by atoms with Crippen molar-refractivity contribution >= 4 is 17.0 Å². The lowest BCUT2D eigenvalue weighted by atomic mass is 10.2. The topological polar surface area (TPSA) is 64.9 Å². The minimum Gasteiger partial charge on any atom is -0.497 e. The third-order valence-corrected chi connectivity index (χ3v) is 3.92. The maximum atomic E-state index is 5.17. The van der Waals surface area contributed by atoms with Crippen molar-refractivity contribution in [2.24, 2.45) is 0 Å². The molecule has 0 unspecified atom stereocenters. The van der Waals surface area contributed by atoms with Gasteiger partial charge < -0.3 is 14.6 Å². The number of fused-ring (bicyclic) bond motifs is 1. The molecule has 1 N–H and O–H groups in total. The molecule has 2 heterocycles. The Labute approximate surface area is 128 Å². The van der Waals surface area contributed by atoms with Crippen LogP contribution >= 0.6 is 0 Å². The van der Waals surface area contributed by atoms with Crippen molar-refractivity contribution in [3.8, 4) is 5.75 Å². The van der Waals surface area contributed by atoms with Crippen LogP contribution in [-0.4, -0.2) is 26.6 Å². The van der Waals surface area contributed by atoms with Crippen molar-refractivity contribution in [3.63, 3.8) is 0 Å². The second kappa shape index (κ2) is 5.29. The van der Waals surface area contributed by atoms with E-state index < -0.39 is 0 Å². The number of nitrogens with one attached hydrogen (secondary N) is 1. The first-order valence-corrected chi connectivity index (χ1v) is 7.39. The maximum absolute atomic E-state index is 5.17. The Morgan fingerprint density at radius 2 is 2.00 bits per heavy atom. The van der Waals surface area contributed by atoms with Crippen LogP contribution in [0.5, 0.6) is 5.75 Å². The molecule has 0 aliphatic heterocycles. The van der Waals surface area contributed by atoms with Crippen molar-refractivity contribution in [2.45, 2.75) is 25.4 Å². The molecular weight excluding hydrogens is 278 g/mol. The van der Waals surface area contributed by atoms with Gasteiger partial charge in [0.1, 0.15) is 17.6 Å². The predicted octanol–water partition coefficient (Wildman–Crippen LogP) is 2.78.